The average Bonchev–Trinajstić information content (AvgIpc) is 2.89. The maximum atomic E-state index is 15.0. The van der Waals surface area contributed by atoms with Crippen molar-refractivity contribution in [3.63, 3.8) is 0 Å². The Kier molecular flexibility index (Phi) is 8.00. The zero-order valence-electron chi connectivity index (χ0n) is 20.4. The number of methoxy groups -OCH3 is 2. The predicted molar refractivity (Wildman–Crippen MR) is 135 cm³/mol. The normalized spacial score (nSPS) is 11.7. The second-order valence-corrected chi connectivity index (χ2v) is 8.85. The Morgan fingerprint density at radius 1 is 0.875 bits per heavy atom. The highest BCUT2D eigenvalue weighted by atomic mass is 79.9. The Morgan fingerprint density at radius 3 is 2.20 bits per heavy atom. The van der Waals surface area contributed by atoms with Crippen LogP contribution in [0, 0.1) is 5.82 Å². The SMILES string of the molecule is COc1cc2nccc(Oc3ccc(C(F)(F)C(=O)Nc4cc(OC(F)(F)F)ccc4Br)c(F)c3)c2cc1OC. The molecule has 210 valence electrons. The van der Waals surface area contributed by atoms with Crippen LogP contribution in [0.2, 0.25) is 0 Å². The van der Waals surface area contributed by atoms with Gasteiger partial charge < -0.3 is 24.3 Å². The van der Waals surface area contributed by atoms with Gasteiger partial charge in [-0.05, 0) is 52.3 Å². The molecule has 0 bridgehead atoms. The molecule has 7 nitrogen and oxygen atoms in total. The number of benzene rings is 3. The number of anilines is 1. The molecular weight excluding hydrogens is 614 g/mol. The number of pyridine rings is 1. The van der Waals surface area contributed by atoms with Gasteiger partial charge in [0.25, 0.3) is 5.91 Å². The van der Waals surface area contributed by atoms with E-state index in [4.69, 9.17) is 14.2 Å². The van der Waals surface area contributed by atoms with Crippen LogP contribution < -0.4 is 24.3 Å². The van der Waals surface area contributed by atoms with Gasteiger partial charge >= 0.3 is 12.3 Å². The Morgan fingerprint density at radius 2 is 1.55 bits per heavy atom. The van der Waals surface area contributed by atoms with Crippen molar-refractivity contribution in [2.24, 2.45) is 0 Å². The average molecular weight is 631 g/mol. The van der Waals surface area contributed by atoms with Crippen LogP contribution in [0.3, 0.4) is 0 Å². The second kappa shape index (κ2) is 11.1. The lowest BCUT2D eigenvalue weighted by Crippen LogP contribution is -2.33. The van der Waals surface area contributed by atoms with Gasteiger partial charge in [-0.2, -0.15) is 8.78 Å². The molecule has 3 aromatic carbocycles. The third kappa shape index (κ3) is 6.17. The highest BCUT2D eigenvalue weighted by Gasteiger charge is 2.43. The number of alkyl halides is 5. The highest BCUT2D eigenvalue weighted by molar-refractivity contribution is 9.10. The van der Waals surface area contributed by atoms with Crippen LogP contribution in [0.1, 0.15) is 5.56 Å². The van der Waals surface area contributed by atoms with Crippen molar-refractivity contribution in [2.75, 3.05) is 19.5 Å². The molecule has 1 heterocycles. The van der Waals surface area contributed by atoms with Crippen molar-refractivity contribution < 1.29 is 50.1 Å². The van der Waals surface area contributed by atoms with Crippen molar-refractivity contribution in [1.29, 1.82) is 0 Å². The molecule has 0 aliphatic heterocycles. The molecule has 0 unspecified atom stereocenters. The fourth-order valence-electron chi connectivity index (χ4n) is 3.60. The van der Waals surface area contributed by atoms with Crippen LogP contribution in [-0.2, 0) is 10.7 Å². The molecule has 0 radical (unpaired) electrons. The lowest BCUT2D eigenvalue weighted by atomic mass is 10.1. The summed E-state index contributed by atoms with van der Waals surface area (Å²) < 4.78 is 102. The standard InChI is InChI=1S/C26H17BrF6N2O5/c1-37-22-11-15-19(12-23(22)38-2)34-8-7-21(15)39-13-3-5-16(18(28)9-13)25(29,30)24(36)35-20-10-14(4-6-17(20)27)40-26(31,32)33/h3-12H,1-2H3,(H,35,36). The molecule has 1 amide bonds. The summed E-state index contributed by atoms with van der Waals surface area (Å²) in [4.78, 5) is 16.6. The Labute approximate surface area is 230 Å². The number of nitrogens with zero attached hydrogens (tertiary/aromatic N) is 1. The van der Waals surface area contributed by atoms with Crippen molar-refractivity contribution in [1.82, 2.24) is 4.98 Å². The lowest BCUT2D eigenvalue weighted by molar-refractivity contribution is -0.274. The minimum atomic E-state index is -5.05. The van der Waals surface area contributed by atoms with E-state index in [0.29, 0.717) is 40.6 Å². The molecule has 0 fully saturated rings. The topological polar surface area (TPSA) is 78.9 Å². The van der Waals surface area contributed by atoms with Gasteiger partial charge in [0.2, 0.25) is 0 Å². The number of fused-ring (bicyclic) bond motifs is 1. The monoisotopic (exact) mass is 630 g/mol. The molecule has 0 saturated heterocycles. The third-order valence-electron chi connectivity index (χ3n) is 5.42. The van der Waals surface area contributed by atoms with E-state index in [1.54, 1.807) is 17.4 Å². The van der Waals surface area contributed by atoms with E-state index >= 15 is 0 Å². The van der Waals surface area contributed by atoms with Gasteiger partial charge in [0.1, 0.15) is 23.1 Å². The van der Waals surface area contributed by atoms with Gasteiger partial charge in [0.15, 0.2) is 11.5 Å². The van der Waals surface area contributed by atoms with Crippen molar-refractivity contribution >= 4 is 38.4 Å². The van der Waals surface area contributed by atoms with Crippen molar-refractivity contribution in [2.45, 2.75) is 12.3 Å². The smallest absolute Gasteiger partial charge is 0.493 e. The highest BCUT2D eigenvalue weighted by Crippen LogP contribution is 2.39. The number of hydrogen-bond donors (Lipinski definition) is 1. The first kappa shape index (κ1) is 28.8. The van der Waals surface area contributed by atoms with Crippen LogP contribution in [0.25, 0.3) is 10.9 Å². The van der Waals surface area contributed by atoms with E-state index < -0.39 is 41.0 Å². The van der Waals surface area contributed by atoms with Crippen LogP contribution in [-0.4, -0.2) is 31.5 Å². The van der Waals surface area contributed by atoms with Crippen molar-refractivity contribution in [3.05, 3.63) is 76.6 Å². The number of rotatable bonds is 8. The zero-order valence-corrected chi connectivity index (χ0v) is 22.0. The van der Waals surface area contributed by atoms with E-state index in [2.05, 4.69) is 25.7 Å². The van der Waals surface area contributed by atoms with Crippen LogP contribution >= 0.6 is 15.9 Å². The van der Waals surface area contributed by atoms with Crippen LogP contribution in [0.4, 0.5) is 32.0 Å². The Bertz CT molecular complexity index is 1580. The number of carbonyl (C=O) groups excluding carboxylic acids is 1. The molecule has 1 N–H and O–H groups in total. The molecule has 4 aromatic rings. The van der Waals surface area contributed by atoms with E-state index in [9.17, 15) is 31.1 Å². The van der Waals surface area contributed by atoms with E-state index in [1.807, 2.05) is 0 Å². The fraction of sp³-hybridized carbons (Fsp3) is 0.154. The number of aromatic nitrogens is 1. The summed E-state index contributed by atoms with van der Waals surface area (Å²) in [6, 6.07) is 9.63. The predicted octanol–water partition coefficient (Wildman–Crippen LogP) is 7.58. The molecule has 0 aliphatic rings. The van der Waals surface area contributed by atoms with Crippen molar-refractivity contribution in [3.8, 4) is 28.7 Å². The summed E-state index contributed by atoms with van der Waals surface area (Å²) >= 11 is 2.94. The summed E-state index contributed by atoms with van der Waals surface area (Å²) in [6.45, 7) is 0. The number of halogens is 7. The number of carbonyl (C=O) groups is 1. The fourth-order valence-corrected chi connectivity index (χ4v) is 3.94. The first-order valence-electron chi connectivity index (χ1n) is 11.1. The molecule has 40 heavy (non-hydrogen) atoms. The number of nitrogens with one attached hydrogen (secondary N) is 1. The van der Waals surface area contributed by atoms with E-state index in [-0.39, 0.29) is 16.0 Å². The summed E-state index contributed by atoms with van der Waals surface area (Å²) in [5.74, 6) is -7.84. The maximum absolute atomic E-state index is 15.0. The van der Waals surface area contributed by atoms with Gasteiger partial charge in [-0.3, -0.25) is 9.78 Å². The molecule has 14 heteroatoms. The summed E-state index contributed by atoms with van der Waals surface area (Å²) in [5, 5.41) is 2.24. The summed E-state index contributed by atoms with van der Waals surface area (Å²) in [7, 11) is 2.87. The van der Waals surface area contributed by atoms with Gasteiger partial charge in [0.05, 0.1) is 31.0 Å². The molecular formula is C26H17BrF6N2O5. The molecule has 4 rings (SSSR count). The maximum Gasteiger partial charge on any atom is 0.573 e. The van der Waals surface area contributed by atoms with Crippen LogP contribution in [0.5, 0.6) is 28.7 Å². The minimum Gasteiger partial charge on any atom is -0.493 e. The third-order valence-corrected chi connectivity index (χ3v) is 6.11. The lowest BCUT2D eigenvalue weighted by Gasteiger charge is -2.19. The summed E-state index contributed by atoms with van der Waals surface area (Å²) in [5.41, 5.74) is -1.29. The summed E-state index contributed by atoms with van der Waals surface area (Å²) in [6.07, 6.45) is -3.63. The van der Waals surface area contributed by atoms with Gasteiger partial charge in [-0.1, -0.05) is 0 Å². The molecule has 0 spiro atoms. The molecule has 0 atom stereocenters. The molecule has 0 aliphatic carbocycles. The second-order valence-electron chi connectivity index (χ2n) is 8.00. The van der Waals surface area contributed by atoms with Gasteiger partial charge in [-0.25, -0.2) is 4.39 Å². The quantitative estimate of drug-likeness (QED) is 0.202. The number of amides is 1. The number of hydrogen-bond acceptors (Lipinski definition) is 6. The first-order valence-corrected chi connectivity index (χ1v) is 11.8. The first-order chi connectivity index (χ1) is 18.8. The zero-order chi connectivity index (χ0) is 29.2. The van der Waals surface area contributed by atoms with Crippen LogP contribution in [0.15, 0.2) is 65.3 Å². The molecule has 1 aromatic heterocycles. The van der Waals surface area contributed by atoms with E-state index in [1.165, 1.54) is 26.5 Å². The Hall–Kier alpha value is -4.20. The van der Waals surface area contributed by atoms with Gasteiger partial charge in [0, 0.05) is 34.3 Å². The minimum absolute atomic E-state index is 0.0192. The number of ether oxygens (including phenoxy) is 4. The Balaban J connectivity index is 1.58. The largest absolute Gasteiger partial charge is 0.573 e. The molecule has 0 saturated carbocycles. The van der Waals surface area contributed by atoms with E-state index in [0.717, 1.165) is 18.2 Å². The van der Waals surface area contributed by atoms with Gasteiger partial charge in [-0.15, -0.1) is 13.2 Å².